The van der Waals surface area contributed by atoms with E-state index in [-0.39, 0.29) is 15.5 Å². The smallest absolute Gasteiger partial charge is 0.419 e. The van der Waals surface area contributed by atoms with Crippen molar-refractivity contribution in [3.63, 3.8) is 0 Å². The van der Waals surface area contributed by atoms with Gasteiger partial charge < -0.3 is 13.9 Å². The molecule has 0 aliphatic carbocycles. The molecule has 26 heavy (non-hydrogen) atoms. The Labute approximate surface area is 152 Å². The van der Waals surface area contributed by atoms with Crippen LogP contribution in [0.15, 0.2) is 44.4 Å². The van der Waals surface area contributed by atoms with Gasteiger partial charge in [-0.3, -0.25) is 9.29 Å². The number of aromatic nitrogens is 1. The van der Waals surface area contributed by atoms with E-state index in [0.717, 1.165) is 0 Å². The van der Waals surface area contributed by atoms with Crippen LogP contribution >= 0.6 is 11.6 Å². The fourth-order valence-electron chi connectivity index (χ4n) is 2.65. The standard InChI is InChI=1S/C16H13ClN2O6S/c1-19-11-7-10(17)15(8-13(11)25-16(19)20)26(21,22)18-9-2-3-12-14(6-9)24-5-4-23-12/h2-3,6-8,18H,4-5H2,1H3. The summed E-state index contributed by atoms with van der Waals surface area (Å²) in [5, 5.41) is -0.0288. The minimum Gasteiger partial charge on any atom is -0.486 e. The molecule has 0 unspecified atom stereocenters. The van der Waals surface area contributed by atoms with Crippen LogP contribution in [0.2, 0.25) is 5.02 Å². The number of anilines is 1. The molecule has 2 aromatic carbocycles. The van der Waals surface area contributed by atoms with Crippen molar-refractivity contribution >= 4 is 38.4 Å². The van der Waals surface area contributed by atoms with E-state index in [1.54, 1.807) is 12.1 Å². The highest BCUT2D eigenvalue weighted by atomic mass is 35.5. The Kier molecular flexibility index (Phi) is 3.85. The van der Waals surface area contributed by atoms with Crippen molar-refractivity contribution in [2.45, 2.75) is 4.90 Å². The van der Waals surface area contributed by atoms with Gasteiger partial charge in [-0.2, -0.15) is 0 Å². The van der Waals surface area contributed by atoms with E-state index >= 15 is 0 Å². The molecule has 0 fully saturated rings. The molecule has 0 radical (unpaired) electrons. The molecule has 0 saturated carbocycles. The number of ether oxygens (including phenoxy) is 2. The third kappa shape index (κ3) is 2.78. The first-order chi connectivity index (χ1) is 12.3. The first-order valence-electron chi connectivity index (χ1n) is 7.57. The highest BCUT2D eigenvalue weighted by Gasteiger charge is 2.22. The second-order valence-corrected chi connectivity index (χ2v) is 7.70. The van der Waals surface area contributed by atoms with Gasteiger partial charge in [-0.05, 0) is 18.2 Å². The Morgan fingerprint density at radius 2 is 1.85 bits per heavy atom. The van der Waals surface area contributed by atoms with Crippen molar-refractivity contribution in [3.8, 4) is 11.5 Å². The maximum atomic E-state index is 12.7. The summed E-state index contributed by atoms with van der Waals surface area (Å²) in [6.07, 6.45) is 0. The summed E-state index contributed by atoms with van der Waals surface area (Å²) < 4.78 is 45.0. The molecule has 0 saturated heterocycles. The van der Waals surface area contributed by atoms with Crippen LogP contribution in [0.25, 0.3) is 11.1 Å². The van der Waals surface area contributed by atoms with Gasteiger partial charge in [0.25, 0.3) is 10.0 Å². The van der Waals surface area contributed by atoms with Gasteiger partial charge in [0.1, 0.15) is 18.1 Å². The lowest BCUT2D eigenvalue weighted by molar-refractivity contribution is 0.171. The average molecular weight is 397 g/mol. The normalized spacial score (nSPS) is 13.8. The van der Waals surface area contributed by atoms with Crippen molar-refractivity contribution in [1.82, 2.24) is 4.57 Å². The van der Waals surface area contributed by atoms with Crippen LogP contribution in [-0.4, -0.2) is 26.2 Å². The van der Waals surface area contributed by atoms with Gasteiger partial charge in [0.2, 0.25) is 0 Å². The molecule has 1 aliphatic heterocycles. The van der Waals surface area contributed by atoms with Crippen LogP contribution in [-0.2, 0) is 17.1 Å². The van der Waals surface area contributed by atoms with Crippen molar-refractivity contribution in [2.75, 3.05) is 17.9 Å². The molecule has 1 aliphatic rings. The molecule has 2 heterocycles. The van der Waals surface area contributed by atoms with Crippen molar-refractivity contribution < 1.29 is 22.3 Å². The Morgan fingerprint density at radius 3 is 2.62 bits per heavy atom. The maximum Gasteiger partial charge on any atom is 0.419 e. The summed E-state index contributed by atoms with van der Waals surface area (Å²) in [4.78, 5) is 11.4. The fourth-order valence-corrected chi connectivity index (χ4v) is 4.24. The first-order valence-corrected chi connectivity index (χ1v) is 9.43. The highest BCUT2D eigenvalue weighted by Crippen LogP contribution is 2.34. The molecule has 1 N–H and O–H groups in total. The molecule has 8 nitrogen and oxygen atoms in total. The van der Waals surface area contributed by atoms with Gasteiger partial charge in [0, 0.05) is 19.2 Å². The monoisotopic (exact) mass is 396 g/mol. The number of nitrogens with one attached hydrogen (secondary N) is 1. The van der Waals surface area contributed by atoms with Gasteiger partial charge >= 0.3 is 5.76 Å². The SMILES string of the molecule is Cn1c(=O)oc2cc(S(=O)(=O)Nc3ccc4c(c3)OCCO4)c(Cl)cc21. The second-order valence-electron chi connectivity index (χ2n) is 5.64. The van der Waals surface area contributed by atoms with Gasteiger partial charge in [-0.15, -0.1) is 0 Å². The molecule has 0 spiro atoms. The van der Waals surface area contributed by atoms with Crippen LogP contribution in [0.4, 0.5) is 5.69 Å². The number of hydrogen-bond donors (Lipinski definition) is 1. The zero-order valence-electron chi connectivity index (χ0n) is 13.5. The fraction of sp³-hybridized carbons (Fsp3) is 0.188. The molecule has 0 amide bonds. The molecular formula is C16H13ClN2O6S. The van der Waals surface area contributed by atoms with Crippen molar-refractivity contribution in [3.05, 3.63) is 45.9 Å². The van der Waals surface area contributed by atoms with Gasteiger partial charge in [-0.25, -0.2) is 13.2 Å². The summed E-state index contributed by atoms with van der Waals surface area (Å²) in [5.74, 6) is 0.391. The Balaban J connectivity index is 1.74. The minimum absolute atomic E-state index is 0.0288. The quantitative estimate of drug-likeness (QED) is 0.729. The number of sulfonamides is 1. The number of halogens is 1. The largest absolute Gasteiger partial charge is 0.486 e. The molecular weight excluding hydrogens is 384 g/mol. The molecule has 10 heteroatoms. The van der Waals surface area contributed by atoms with Crippen LogP contribution in [0.5, 0.6) is 11.5 Å². The van der Waals surface area contributed by atoms with Crippen LogP contribution in [0, 0.1) is 0 Å². The van der Waals surface area contributed by atoms with E-state index in [0.29, 0.717) is 35.9 Å². The maximum absolute atomic E-state index is 12.7. The summed E-state index contributed by atoms with van der Waals surface area (Å²) in [6, 6.07) is 7.30. The van der Waals surface area contributed by atoms with Crippen LogP contribution < -0.4 is 20.0 Å². The number of rotatable bonds is 3. The summed E-state index contributed by atoms with van der Waals surface area (Å²) >= 11 is 6.13. The lowest BCUT2D eigenvalue weighted by Crippen LogP contribution is -2.17. The third-order valence-electron chi connectivity index (χ3n) is 3.93. The Morgan fingerprint density at radius 1 is 1.12 bits per heavy atom. The average Bonchev–Trinajstić information content (AvgIpc) is 2.88. The first kappa shape index (κ1) is 16.8. The Hall–Kier alpha value is -2.65. The molecule has 0 atom stereocenters. The molecule has 1 aromatic heterocycles. The summed E-state index contributed by atoms with van der Waals surface area (Å²) in [7, 11) is -2.51. The van der Waals surface area contributed by atoms with E-state index in [2.05, 4.69) is 4.72 Å². The number of aryl methyl sites for hydroxylation is 1. The number of fused-ring (bicyclic) bond motifs is 2. The summed E-state index contributed by atoms with van der Waals surface area (Å²) in [5.41, 5.74) is 0.822. The molecule has 4 rings (SSSR count). The lowest BCUT2D eigenvalue weighted by Gasteiger charge is -2.19. The number of benzene rings is 2. The van der Waals surface area contributed by atoms with Gasteiger partial charge in [0.05, 0.1) is 16.2 Å². The van der Waals surface area contributed by atoms with Crippen molar-refractivity contribution in [2.24, 2.45) is 7.05 Å². The zero-order chi connectivity index (χ0) is 18.5. The van der Waals surface area contributed by atoms with E-state index in [9.17, 15) is 13.2 Å². The van der Waals surface area contributed by atoms with Crippen LogP contribution in [0.1, 0.15) is 0 Å². The third-order valence-corrected chi connectivity index (χ3v) is 5.78. The number of hydrogen-bond acceptors (Lipinski definition) is 6. The Bertz CT molecular complexity index is 1180. The molecule has 0 bridgehead atoms. The van der Waals surface area contributed by atoms with Gasteiger partial charge in [0.15, 0.2) is 17.1 Å². The van der Waals surface area contributed by atoms with E-state index in [1.807, 2.05) is 0 Å². The zero-order valence-corrected chi connectivity index (χ0v) is 15.1. The van der Waals surface area contributed by atoms with E-state index in [4.69, 9.17) is 25.5 Å². The second kappa shape index (κ2) is 5.96. The predicted molar refractivity (Wildman–Crippen MR) is 94.7 cm³/mol. The molecule has 136 valence electrons. The van der Waals surface area contributed by atoms with E-state index in [1.165, 1.54) is 29.8 Å². The number of nitrogens with zero attached hydrogens (tertiary/aromatic N) is 1. The summed E-state index contributed by atoms with van der Waals surface area (Å²) in [6.45, 7) is 0.828. The van der Waals surface area contributed by atoms with E-state index < -0.39 is 15.8 Å². The lowest BCUT2D eigenvalue weighted by atomic mass is 10.3. The number of oxazole rings is 1. The molecule has 3 aromatic rings. The van der Waals surface area contributed by atoms with Crippen molar-refractivity contribution in [1.29, 1.82) is 0 Å². The van der Waals surface area contributed by atoms with Crippen LogP contribution in [0.3, 0.4) is 0 Å². The van der Waals surface area contributed by atoms with Gasteiger partial charge in [-0.1, -0.05) is 11.6 Å². The minimum atomic E-state index is -4.02. The topological polar surface area (TPSA) is 99.8 Å². The predicted octanol–water partition coefficient (Wildman–Crippen LogP) is 2.36. The highest BCUT2D eigenvalue weighted by molar-refractivity contribution is 7.92.